The van der Waals surface area contributed by atoms with Gasteiger partial charge >= 0.3 is 6.18 Å². The van der Waals surface area contributed by atoms with Gasteiger partial charge in [0, 0.05) is 11.6 Å². The quantitative estimate of drug-likeness (QED) is 0.748. The minimum absolute atomic E-state index is 0.00689. The van der Waals surface area contributed by atoms with Gasteiger partial charge in [0.25, 0.3) is 11.8 Å². The number of halogens is 3. The maximum absolute atomic E-state index is 13.7. The third-order valence-corrected chi connectivity index (χ3v) is 4.48. The number of amides is 2. The Balaban J connectivity index is 2.06. The number of nitrogens with zero attached hydrogens (tertiary/aromatic N) is 2. The van der Waals surface area contributed by atoms with Crippen molar-refractivity contribution in [3.8, 4) is 0 Å². The smallest absolute Gasteiger partial charge is 0.270 e. The summed E-state index contributed by atoms with van der Waals surface area (Å²) >= 11 is 0. The lowest BCUT2D eigenvalue weighted by Gasteiger charge is -2.21. The van der Waals surface area contributed by atoms with E-state index in [1.807, 2.05) is 0 Å². The molecule has 26 heavy (non-hydrogen) atoms. The first kappa shape index (κ1) is 18.1. The topological polar surface area (TPSA) is 50.3 Å². The van der Waals surface area contributed by atoms with Gasteiger partial charge in [-0.05, 0) is 31.4 Å². The van der Waals surface area contributed by atoms with E-state index in [0.717, 1.165) is 4.90 Å². The summed E-state index contributed by atoms with van der Waals surface area (Å²) in [6.07, 6.45) is -0.868. The van der Waals surface area contributed by atoms with Gasteiger partial charge in [-0.3, -0.25) is 19.5 Å². The molecular formula is C19H17F3N2O2. The Morgan fingerprint density at radius 1 is 1.19 bits per heavy atom. The van der Waals surface area contributed by atoms with Crippen LogP contribution in [0.25, 0.3) is 0 Å². The second-order valence-corrected chi connectivity index (χ2v) is 6.39. The first-order chi connectivity index (χ1) is 12.2. The molecule has 1 aromatic heterocycles. The summed E-state index contributed by atoms with van der Waals surface area (Å²) in [7, 11) is 0. The fourth-order valence-electron chi connectivity index (χ4n) is 3.19. The third kappa shape index (κ3) is 2.98. The molecule has 7 heteroatoms. The van der Waals surface area contributed by atoms with Crippen molar-refractivity contribution in [2.75, 3.05) is 0 Å². The van der Waals surface area contributed by atoms with Crippen LogP contribution in [0.5, 0.6) is 0 Å². The van der Waals surface area contributed by atoms with Crippen LogP contribution >= 0.6 is 0 Å². The molecule has 1 aliphatic heterocycles. The van der Waals surface area contributed by atoms with E-state index in [4.69, 9.17) is 0 Å². The lowest BCUT2D eigenvalue weighted by atomic mass is 10.0. The standard InChI is InChI=1S/C19H17F3N2O2/c1-4-13-14(5-2)18(26)24(17(13)25)9-12-8-10(3)23-16(11-6-7-11)15(12)19(20,21)22/h4-5,8,11H,1-2,6-7,9H2,3H3. The molecule has 1 aliphatic carbocycles. The lowest BCUT2D eigenvalue weighted by molar-refractivity contribution is -0.143. The average Bonchev–Trinajstić information content (AvgIpc) is 3.36. The second kappa shape index (κ2) is 6.23. The number of hydrogen-bond donors (Lipinski definition) is 0. The van der Waals surface area contributed by atoms with Crippen LogP contribution in [0.15, 0.2) is 42.5 Å². The number of aryl methyl sites for hydroxylation is 1. The molecule has 2 aliphatic rings. The number of pyridine rings is 1. The molecular weight excluding hydrogens is 345 g/mol. The van der Waals surface area contributed by atoms with Crippen LogP contribution in [-0.4, -0.2) is 21.7 Å². The molecule has 0 saturated heterocycles. The first-order valence-corrected chi connectivity index (χ1v) is 8.12. The van der Waals surface area contributed by atoms with Crippen molar-refractivity contribution in [1.82, 2.24) is 9.88 Å². The van der Waals surface area contributed by atoms with Gasteiger partial charge in [0.2, 0.25) is 0 Å². The molecule has 0 bridgehead atoms. The maximum atomic E-state index is 13.7. The van der Waals surface area contributed by atoms with E-state index >= 15 is 0 Å². The van der Waals surface area contributed by atoms with E-state index in [9.17, 15) is 22.8 Å². The minimum Gasteiger partial charge on any atom is -0.270 e. The molecule has 1 saturated carbocycles. The zero-order valence-electron chi connectivity index (χ0n) is 14.2. The van der Waals surface area contributed by atoms with E-state index in [2.05, 4.69) is 18.1 Å². The molecule has 136 valence electrons. The SMILES string of the molecule is C=CC1=C(C=C)C(=O)N(Cc2cc(C)nc(C3CC3)c2C(F)(F)F)C1=O. The van der Waals surface area contributed by atoms with Crippen molar-refractivity contribution < 1.29 is 22.8 Å². The Morgan fingerprint density at radius 3 is 2.15 bits per heavy atom. The predicted octanol–water partition coefficient (Wildman–Crippen LogP) is 3.82. The molecule has 2 heterocycles. The van der Waals surface area contributed by atoms with Crippen molar-refractivity contribution in [3.05, 3.63) is 65.0 Å². The molecule has 0 spiro atoms. The number of aromatic nitrogens is 1. The third-order valence-electron chi connectivity index (χ3n) is 4.48. The summed E-state index contributed by atoms with van der Waals surface area (Å²) in [5.41, 5.74) is -0.429. The Bertz CT molecular complexity index is 834. The van der Waals surface area contributed by atoms with E-state index < -0.39 is 30.1 Å². The molecule has 0 radical (unpaired) electrons. The first-order valence-electron chi connectivity index (χ1n) is 8.12. The van der Waals surface area contributed by atoms with Gasteiger partial charge in [-0.25, -0.2) is 0 Å². The Kier molecular flexibility index (Phi) is 4.34. The van der Waals surface area contributed by atoms with Crippen LogP contribution in [0, 0.1) is 6.92 Å². The van der Waals surface area contributed by atoms with Crippen LogP contribution in [0.3, 0.4) is 0 Å². The highest BCUT2D eigenvalue weighted by Crippen LogP contribution is 2.46. The average molecular weight is 362 g/mol. The van der Waals surface area contributed by atoms with Gasteiger partial charge in [0.1, 0.15) is 0 Å². The van der Waals surface area contributed by atoms with E-state index in [1.165, 1.54) is 18.2 Å². The number of imide groups is 1. The largest absolute Gasteiger partial charge is 0.418 e. The van der Waals surface area contributed by atoms with Crippen LogP contribution in [0.1, 0.15) is 41.3 Å². The molecule has 0 atom stereocenters. The fourth-order valence-corrected chi connectivity index (χ4v) is 3.19. The number of alkyl halides is 3. The van der Waals surface area contributed by atoms with Gasteiger partial charge in [-0.2, -0.15) is 13.2 Å². The molecule has 0 N–H and O–H groups in total. The Labute approximate surface area is 148 Å². The number of rotatable bonds is 5. The highest BCUT2D eigenvalue weighted by Gasteiger charge is 2.43. The van der Waals surface area contributed by atoms with Gasteiger partial charge in [0.05, 0.1) is 28.9 Å². The van der Waals surface area contributed by atoms with Gasteiger partial charge in [-0.15, -0.1) is 0 Å². The molecule has 0 unspecified atom stereocenters. The predicted molar refractivity (Wildman–Crippen MR) is 88.9 cm³/mol. The van der Waals surface area contributed by atoms with E-state index in [1.54, 1.807) is 6.92 Å². The highest BCUT2D eigenvalue weighted by atomic mass is 19.4. The zero-order chi connectivity index (χ0) is 19.2. The minimum atomic E-state index is -4.62. The zero-order valence-corrected chi connectivity index (χ0v) is 14.2. The summed E-state index contributed by atoms with van der Waals surface area (Å²) in [5.74, 6) is -1.56. The molecule has 3 rings (SSSR count). The van der Waals surface area contributed by atoms with Crippen molar-refractivity contribution in [2.24, 2.45) is 0 Å². The highest BCUT2D eigenvalue weighted by molar-refractivity contribution is 6.21. The van der Waals surface area contributed by atoms with Crippen molar-refractivity contribution in [2.45, 2.75) is 38.4 Å². The molecule has 2 amide bonds. The fraction of sp³-hybridized carbons (Fsp3) is 0.316. The number of carbonyl (C=O) groups is 2. The lowest BCUT2D eigenvalue weighted by Crippen LogP contribution is -2.32. The van der Waals surface area contributed by atoms with Crippen molar-refractivity contribution >= 4 is 11.8 Å². The summed E-state index contributed by atoms with van der Waals surface area (Å²) in [4.78, 5) is 29.7. The van der Waals surface area contributed by atoms with Gasteiger partial charge in [-0.1, -0.05) is 25.3 Å². The van der Waals surface area contributed by atoms with Crippen molar-refractivity contribution in [3.63, 3.8) is 0 Å². The number of carbonyl (C=O) groups excluding carboxylic acids is 2. The summed E-state index contributed by atoms with van der Waals surface area (Å²) in [6.45, 7) is 8.11. The second-order valence-electron chi connectivity index (χ2n) is 6.39. The van der Waals surface area contributed by atoms with Crippen LogP contribution in [-0.2, 0) is 22.3 Å². The summed E-state index contributed by atoms with van der Waals surface area (Å²) < 4.78 is 41.1. The van der Waals surface area contributed by atoms with E-state index in [0.29, 0.717) is 18.5 Å². The number of hydrogen-bond acceptors (Lipinski definition) is 3. The van der Waals surface area contributed by atoms with Gasteiger partial charge < -0.3 is 0 Å². The van der Waals surface area contributed by atoms with Crippen LogP contribution in [0.4, 0.5) is 13.2 Å². The summed E-state index contributed by atoms with van der Waals surface area (Å²) in [6, 6.07) is 1.29. The van der Waals surface area contributed by atoms with Crippen molar-refractivity contribution in [1.29, 1.82) is 0 Å². The normalized spacial score (nSPS) is 17.9. The van der Waals surface area contributed by atoms with Gasteiger partial charge in [0.15, 0.2) is 0 Å². The molecule has 1 aromatic rings. The Morgan fingerprint density at radius 2 is 1.73 bits per heavy atom. The molecule has 4 nitrogen and oxygen atoms in total. The van der Waals surface area contributed by atoms with Crippen LogP contribution < -0.4 is 0 Å². The molecule has 1 fully saturated rings. The molecule has 0 aromatic carbocycles. The monoisotopic (exact) mass is 362 g/mol. The van der Waals surface area contributed by atoms with Crippen LogP contribution in [0.2, 0.25) is 0 Å². The summed E-state index contributed by atoms with van der Waals surface area (Å²) in [5, 5.41) is 0. The van der Waals surface area contributed by atoms with E-state index in [-0.39, 0.29) is 28.3 Å². The maximum Gasteiger partial charge on any atom is 0.418 e. The Hall–Kier alpha value is -2.70.